The lowest BCUT2D eigenvalue weighted by Crippen LogP contribution is -2.24. The van der Waals surface area contributed by atoms with Crippen LogP contribution in [-0.4, -0.2) is 42.4 Å². The highest BCUT2D eigenvalue weighted by molar-refractivity contribution is 5.80. The van der Waals surface area contributed by atoms with Crippen LogP contribution in [0, 0.1) is 6.92 Å². The average molecular weight is 543 g/mol. The second kappa shape index (κ2) is 10.3. The van der Waals surface area contributed by atoms with E-state index in [2.05, 4.69) is 37.2 Å². The standard InChI is InChI=1S/C32H26N6O3/c1-20-34-32(41-37-20)22-11-13-26(14-12-22)40-28-16-23(30-35-27-8-5-15-33-31(27)36-30)9-10-24(28)18-38-19-25(17-29(38)39)21-6-3-2-4-7-21/h2-16,25H,17-19H2,1H3,(H,33,35,36)/t25-/m1/s1. The first-order chi connectivity index (χ1) is 20.1. The summed E-state index contributed by atoms with van der Waals surface area (Å²) in [5.41, 5.74) is 5.25. The van der Waals surface area contributed by atoms with Crippen molar-refractivity contribution in [2.75, 3.05) is 6.54 Å². The molecule has 3 aromatic carbocycles. The Labute approximate surface area is 235 Å². The summed E-state index contributed by atoms with van der Waals surface area (Å²) < 4.78 is 11.7. The Morgan fingerprint density at radius 3 is 2.59 bits per heavy atom. The third-order valence-electron chi connectivity index (χ3n) is 7.30. The number of carbonyl (C=O) groups excluding carboxylic acids is 1. The number of carbonyl (C=O) groups is 1. The summed E-state index contributed by atoms with van der Waals surface area (Å²) in [4.78, 5) is 31.6. The monoisotopic (exact) mass is 542 g/mol. The van der Waals surface area contributed by atoms with Gasteiger partial charge in [0.2, 0.25) is 5.91 Å². The molecule has 1 amide bonds. The molecule has 1 aliphatic rings. The van der Waals surface area contributed by atoms with Crippen molar-refractivity contribution >= 4 is 17.1 Å². The van der Waals surface area contributed by atoms with E-state index >= 15 is 0 Å². The number of H-pyrrole nitrogens is 1. The third kappa shape index (κ3) is 5.05. The van der Waals surface area contributed by atoms with Crippen molar-refractivity contribution < 1.29 is 14.1 Å². The van der Waals surface area contributed by atoms with Gasteiger partial charge in [-0.15, -0.1) is 0 Å². The molecule has 9 nitrogen and oxygen atoms in total. The SMILES string of the molecule is Cc1noc(-c2ccc(Oc3cc(-c4nc5ncccc5[nH]4)ccc3CN3C[C@H](c4ccccc4)CC3=O)cc2)n1. The lowest BCUT2D eigenvalue weighted by Gasteiger charge is -2.20. The number of nitrogens with zero attached hydrogens (tertiary/aromatic N) is 5. The fourth-order valence-corrected chi connectivity index (χ4v) is 5.20. The topological polar surface area (TPSA) is 110 Å². The quantitative estimate of drug-likeness (QED) is 0.252. The minimum absolute atomic E-state index is 0.136. The fourth-order valence-electron chi connectivity index (χ4n) is 5.20. The lowest BCUT2D eigenvalue weighted by atomic mass is 9.98. The maximum absolute atomic E-state index is 13.0. The van der Waals surface area contributed by atoms with E-state index in [-0.39, 0.29) is 11.8 Å². The molecule has 0 aliphatic carbocycles. The normalized spacial score (nSPS) is 15.1. The molecule has 202 valence electrons. The van der Waals surface area contributed by atoms with Crippen LogP contribution in [-0.2, 0) is 11.3 Å². The number of nitrogens with one attached hydrogen (secondary N) is 1. The number of pyridine rings is 1. The largest absolute Gasteiger partial charge is 0.457 e. The zero-order chi connectivity index (χ0) is 27.8. The van der Waals surface area contributed by atoms with Crippen LogP contribution in [0.15, 0.2) is 95.6 Å². The molecule has 3 aromatic heterocycles. The fraction of sp³-hybridized carbons (Fsp3) is 0.156. The number of fused-ring (bicyclic) bond motifs is 1. The maximum atomic E-state index is 13.0. The number of aromatic nitrogens is 5. The molecular weight excluding hydrogens is 516 g/mol. The Kier molecular flexibility index (Phi) is 6.24. The van der Waals surface area contributed by atoms with Gasteiger partial charge >= 0.3 is 0 Å². The molecule has 6 aromatic rings. The Morgan fingerprint density at radius 2 is 1.80 bits per heavy atom. The number of rotatable bonds is 7. The first-order valence-electron chi connectivity index (χ1n) is 13.4. The summed E-state index contributed by atoms with van der Waals surface area (Å²) in [5, 5.41) is 3.87. The van der Waals surface area contributed by atoms with Gasteiger partial charge in [-0.1, -0.05) is 47.6 Å². The number of imidazole rings is 1. The van der Waals surface area contributed by atoms with E-state index in [1.165, 1.54) is 5.56 Å². The molecule has 1 fully saturated rings. The van der Waals surface area contributed by atoms with Gasteiger partial charge in [-0.05, 0) is 55.0 Å². The number of hydrogen-bond acceptors (Lipinski definition) is 7. The van der Waals surface area contributed by atoms with Gasteiger partial charge in [0.1, 0.15) is 17.3 Å². The van der Waals surface area contributed by atoms with E-state index in [0.717, 1.165) is 22.2 Å². The predicted molar refractivity (Wildman–Crippen MR) is 153 cm³/mol. The molecule has 1 N–H and O–H groups in total. The summed E-state index contributed by atoms with van der Waals surface area (Å²) in [7, 11) is 0. The van der Waals surface area contributed by atoms with E-state index in [4.69, 9.17) is 9.26 Å². The molecule has 0 spiro atoms. The summed E-state index contributed by atoms with van der Waals surface area (Å²) in [5.74, 6) is 3.33. The van der Waals surface area contributed by atoms with E-state index in [0.29, 0.717) is 54.2 Å². The summed E-state index contributed by atoms with van der Waals surface area (Å²) in [6.45, 7) is 2.89. The highest BCUT2D eigenvalue weighted by atomic mass is 16.5. The Bertz CT molecular complexity index is 1810. The number of ether oxygens (including phenoxy) is 1. The van der Waals surface area contributed by atoms with Gasteiger partial charge < -0.3 is 19.1 Å². The van der Waals surface area contributed by atoms with Crippen molar-refractivity contribution in [2.24, 2.45) is 0 Å². The van der Waals surface area contributed by atoms with Gasteiger partial charge in [-0.2, -0.15) is 4.98 Å². The Balaban J connectivity index is 1.19. The maximum Gasteiger partial charge on any atom is 0.257 e. The molecular formula is C32H26N6O3. The zero-order valence-corrected chi connectivity index (χ0v) is 22.3. The molecule has 0 bridgehead atoms. The number of benzene rings is 3. The van der Waals surface area contributed by atoms with E-state index in [1.807, 2.05) is 77.7 Å². The van der Waals surface area contributed by atoms with Crippen molar-refractivity contribution in [3.63, 3.8) is 0 Å². The minimum atomic E-state index is 0.136. The number of likely N-dealkylation sites (tertiary alicyclic amines) is 1. The molecule has 1 aliphatic heterocycles. The van der Waals surface area contributed by atoms with Gasteiger partial charge in [-0.3, -0.25) is 4.79 Å². The first kappa shape index (κ1) is 24.7. The van der Waals surface area contributed by atoms with Crippen molar-refractivity contribution in [3.05, 3.63) is 108 Å². The smallest absolute Gasteiger partial charge is 0.257 e. The van der Waals surface area contributed by atoms with Crippen molar-refractivity contribution in [3.8, 4) is 34.3 Å². The molecule has 0 unspecified atom stereocenters. The molecule has 0 radical (unpaired) electrons. The van der Waals surface area contributed by atoms with Crippen LogP contribution in [0.5, 0.6) is 11.5 Å². The summed E-state index contributed by atoms with van der Waals surface area (Å²) in [6.07, 6.45) is 2.22. The van der Waals surface area contributed by atoms with Crippen LogP contribution >= 0.6 is 0 Å². The molecule has 41 heavy (non-hydrogen) atoms. The van der Waals surface area contributed by atoms with Crippen LogP contribution in [0.4, 0.5) is 0 Å². The van der Waals surface area contributed by atoms with Gasteiger partial charge in [0.25, 0.3) is 5.89 Å². The molecule has 1 saturated heterocycles. The summed E-state index contributed by atoms with van der Waals surface area (Å²) >= 11 is 0. The van der Waals surface area contributed by atoms with Crippen LogP contribution in [0.3, 0.4) is 0 Å². The van der Waals surface area contributed by atoms with Crippen LogP contribution < -0.4 is 4.74 Å². The second-order valence-corrected chi connectivity index (χ2v) is 10.1. The number of aromatic amines is 1. The third-order valence-corrected chi connectivity index (χ3v) is 7.30. The van der Waals surface area contributed by atoms with Crippen LogP contribution in [0.2, 0.25) is 0 Å². The Hall–Kier alpha value is -5.31. The van der Waals surface area contributed by atoms with Gasteiger partial charge in [0.05, 0.1) is 5.52 Å². The highest BCUT2D eigenvalue weighted by Crippen LogP contribution is 2.35. The predicted octanol–water partition coefficient (Wildman–Crippen LogP) is 6.29. The van der Waals surface area contributed by atoms with Gasteiger partial charge in [-0.25, -0.2) is 9.97 Å². The minimum Gasteiger partial charge on any atom is -0.457 e. The van der Waals surface area contributed by atoms with Crippen molar-refractivity contribution in [1.29, 1.82) is 0 Å². The molecule has 9 heteroatoms. The van der Waals surface area contributed by atoms with E-state index in [1.54, 1.807) is 13.1 Å². The van der Waals surface area contributed by atoms with E-state index in [9.17, 15) is 4.79 Å². The number of aryl methyl sites for hydroxylation is 1. The number of hydrogen-bond donors (Lipinski definition) is 1. The lowest BCUT2D eigenvalue weighted by molar-refractivity contribution is -0.128. The molecule has 4 heterocycles. The Morgan fingerprint density at radius 1 is 0.976 bits per heavy atom. The molecule has 1 atom stereocenters. The first-order valence-corrected chi connectivity index (χ1v) is 13.4. The molecule has 0 saturated carbocycles. The van der Waals surface area contributed by atoms with Crippen molar-refractivity contribution in [2.45, 2.75) is 25.8 Å². The van der Waals surface area contributed by atoms with Crippen molar-refractivity contribution in [1.82, 2.24) is 30.0 Å². The number of amides is 1. The second-order valence-electron chi connectivity index (χ2n) is 10.1. The van der Waals surface area contributed by atoms with Gasteiger partial charge in [0, 0.05) is 48.3 Å². The molecule has 7 rings (SSSR count). The van der Waals surface area contributed by atoms with Gasteiger partial charge in [0.15, 0.2) is 11.5 Å². The van der Waals surface area contributed by atoms with Crippen LogP contribution in [0.1, 0.15) is 29.3 Å². The van der Waals surface area contributed by atoms with E-state index < -0.39 is 0 Å². The average Bonchev–Trinajstić information content (AvgIpc) is 3.73. The van der Waals surface area contributed by atoms with Crippen LogP contribution in [0.25, 0.3) is 34.0 Å². The zero-order valence-electron chi connectivity index (χ0n) is 22.3. The summed E-state index contributed by atoms with van der Waals surface area (Å²) in [6, 6.07) is 27.5. The highest BCUT2D eigenvalue weighted by Gasteiger charge is 2.31.